The lowest BCUT2D eigenvalue weighted by Gasteiger charge is -2.23. The summed E-state index contributed by atoms with van der Waals surface area (Å²) in [6, 6.07) is 3.93. The van der Waals surface area contributed by atoms with Crippen LogP contribution in [0.5, 0.6) is 11.5 Å². The maximum atomic E-state index is 12.0. The lowest BCUT2D eigenvalue weighted by molar-refractivity contribution is 0.0927. The molecule has 0 aliphatic rings. The van der Waals surface area contributed by atoms with E-state index in [9.17, 15) is 15.0 Å². The van der Waals surface area contributed by atoms with Crippen LogP contribution in [-0.2, 0) is 0 Å². The Morgan fingerprint density at radius 1 is 1.32 bits per heavy atom. The molecule has 1 atom stereocenters. The van der Waals surface area contributed by atoms with Gasteiger partial charge in [0.25, 0.3) is 5.91 Å². The smallest absolute Gasteiger partial charge is 0.255 e. The molecule has 1 unspecified atom stereocenters. The Morgan fingerprint density at radius 3 is 2.47 bits per heavy atom. The van der Waals surface area contributed by atoms with Crippen molar-refractivity contribution in [3.8, 4) is 11.5 Å². The number of carbonyl (C=O) groups excluding carboxylic acids is 1. The maximum absolute atomic E-state index is 12.0. The van der Waals surface area contributed by atoms with Crippen molar-refractivity contribution in [1.29, 1.82) is 0 Å². The summed E-state index contributed by atoms with van der Waals surface area (Å²) in [5.41, 5.74) is 0.171. The molecule has 106 valence electrons. The van der Waals surface area contributed by atoms with E-state index in [1.165, 1.54) is 12.1 Å². The quantitative estimate of drug-likeness (QED) is 0.730. The zero-order valence-electron chi connectivity index (χ0n) is 11.7. The Hall–Kier alpha value is -1.75. The first-order chi connectivity index (χ1) is 8.97. The second kappa shape index (κ2) is 6.99. The van der Waals surface area contributed by atoms with Crippen LogP contribution in [0.3, 0.4) is 0 Å². The van der Waals surface area contributed by atoms with Gasteiger partial charge in [0.05, 0.1) is 5.56 Å². The van der Waals surface area contributed by atoms with Crippen LogP contribution in [0.25, 0.3) is 0 Å². The van der Waals surface area contributed by atoms with E-state index >= 15 is 0 Å². The number of hydrogen-bond donors (Lipinski definition) is 3. The highest BCUT2D eigenvalue weighted by atomic mass is 16.3. The third-order valence-corrected chi connectivity index (χ3v) is 3.03. The number of nitrogens with one attached hydrogen (secondary N) is 1. The predicted molar refractivity (Wildman–Crippen MR) is 74.5 cm³/mol. The number of nitrogens with zero attached hydrogens (tertiary/aromatic N) is 1. The Bertz CT molecular complexity index is 431. The van der Waals surface area contributed by atoms with Crippen molar-refractivity contribution in [2.24, 2.45) is 0 Å². The molecule has 0 saturated heterocycles. The molecule has 19 heavy (non-hydrogen) atoms. The highest BCUT2D eigenvalue weighted by Gasteiger charge is 2.15. The molecule has 5 heteroatoms. The fourth-order valence-corrected chi connectivity index (χ4v) is 1.93. The molecule has 3 N–H and O–H groups in total. The third kappa shape index (κ3) is 4.44. The average molecular weight is 266 g/mol. The molecule has 0 heterocycles. The zero-order valence-corrected chi connectivity index (χ0v) is 11.7. The summed E-state index contributed by atoms with van der Waals surface area (Å²) < 4.78 is 0. The summed E-state index contributed by atoms with van der Waals surface area (Å²) in [6.07, 6.45) is 0. The van der Waals surface area contributed by atoms with E-state index in [0.717, 1.165) is 25.7 Å². The van der Waals surface area contributed by atoms with E-state index in [-0.39, 0.29) is 29.0 Å². The minimum atomic E-state index is -0.336. The Balaban J connectivity index is 2.63. The van der Waals surface area contributed by atoms with Crippen molar-refractivity contribution in [1.82, 2.24) is 10.2 Å². The largest absolute Gasteiger partial charge is 0.508 e. The highest BCUT2D eigenvalue weighted by molar-refractivity contribution is 5.97. The van der Waals surface area contributed by atoms with E-state index < -0.39 is 0 Å². The SMILES string of the molecule is CCN(CC)CC(C)NC(=O)c1ccc(O)cc1O. The van der Waals surface area contributed by atoms with E-state index in [1.807, 2.05) is 6.92 Å². The summed E-state index contributed by atoms with van der Waals surface area (Å²) in [5, 5.41) is 21.6. The van der Waals surface area contributed by atoms with Crippen LogP contribution in [0.4, 0.5) is 0 Å². The van der Waals surface area contributed by atoms with Crippen LogP contribution in [0, 0.1) is 0 Å². The van der Waals surface area contributed by atoms with Gasteiger partial charge in [-0.3, -0.25) is 4.79 Å². The number of rotatable bonds is 6. The first kappa shape index (κ1) is 15.3. The van der Waals surface area contributed by atoms with Gasteiger partial charge in [-0.2, -0.15) is 0 Å². The second-order valence-electron chi connectivity index (χ2n) is 4.56. The van der Waals surface area contributed by atoms with Gasteiger partial charge in [-0.05, 0) is 32.1 Å². The maximum Gasteiger partial charge on any atom is 0.255 e. The zero-order chi connectivity index (χ0) is 14.4. The Morgan fingerprint density at radius 2 is 1.95 bits per heavy atom. The molecule has 0 aromatic heterocycles. The van der Waals surface area contributed by atoms with Crippen molar-refractivity contribution >= 4 is 5.91 Å². The molecular weight excluding hydrogens is 244 g/mol. The molecule has 1 aromatic rings. The highest BCUT2D eigenvalue weighted by Crippen LogP contribution is 2.22. The standard InChI is InChI=1S/C14H22N2O3/c1-4-16(5-2)9-10(3)15-14(19)12-7-6-11(17)8-13(12)18/h6-8,10,17-18H,4-5,9H2,1-3H3,(H,15,19). The number of hydrogen-bond acceptors (Lipinski definition) is 4. The molecule has 0 fully saturated rings. The predicted octanol–water partition coefficient (Wildman–Crippen LogP) is 1.56. The Kier molecular flexibility index (Phi) is 5.63. The molecule has 1 amide bonds. The van der Waals surface area contributed by atoms with Gasteiger partial charge in [-0.25, -0.2) is 0 Å². The van der Waals surface area contributed by atoms with Gasteiger partial charge in [0.2, 0.25) is 0 Å². The first-order valence-electron chi connectivity index (χ1n) is 6.53. The molecule has 0 radical (unpaired) electrons. The molecular formula is C14H22N2O3. The minimum absolute atomic E-state index is 0.0133. The van der Waals surface area contributed by atoms with Gasteiger partial charge >= 0.3 is 0 Å². The third-order valence-electron chi connectivity index (χ3n) is 3.03. The van der Waals surface area contributed by atoms with Crippen molar-refractivity contribution in [3.05, 3.63) is 23.8 Å². The van der Waals surface area contributed by atoms with Gasteiger partial charge in [0.1, 0.15) is 11.5 Å². The van der Waals surface area contributed by atoms with E-state index in [4.69, 9.17) is 0 Å². The number of carbonyl (C=O) groups is 1. The van der Waals surface area contributed by atoms with E-state index in [1.54, 1.807) is 0 Å². The van der Waals surface area contributed by atoms with Crippen molar-refractivity contribution in [3.63, 3.8) is 0 Å². The van der Waals surface area contributed by atoms with Gasteiger partial charge < -0.3 is 20.4 Å². The summed E-state index contributed by atoms with van der Waals surface area (Å²) in [6.45, 7) is 8.70. The number of phenols is 2. The fourth-order valence-electron chi connectivity index (χ4n) is 1.93. The average Bonchev–Trinajstić information content (AvgIpc) is 2.35. The summed E-state index contributed by atoms with van der Waals surface area (Å²) in [4.78, 5) is 14.2. The lowest BCUT2D eigenvalue weighted by Crippen LogP contribution is -2.41. The van der Waals surface area contributed by atoms with Crippen molar-refractivity contribution in [2.45, 2.75) is 26.8 Å². The van der Waals surface area contributed by atoms with E-state index in [2.05, 4.69) is 24.1 Å². The normalized spacial score (nSPS) is 12.4. The number of amides is 1. The van der Waals surface area contributed by atoms with Crippen molar-refractivity contribution in [2.75, 3.05) is 19.6 Å². The van der Waals surface area contributed by atoms with Gasteiger partial charge in [-0.1, -0.05) is 13.8 Å². The molecule has 1 rings (SSSR count). The van der Waals surface area contributed by atoms with Crippen molar-refractivity contribution < 1.29 is 15.0 Å². The molecule has 0 spiro atoms. The van der Waals surface area contributed by atoms with Gasteiger partial charge in [0, 0.05) is 18.7 Å². The molecule has 0 aliphatic carbocycles. The van der Waals surface area contributed by atoms with Crippen LogP contribution in [0.15, 0.2) is 18.2 Å². The summed E-state index contributed by atoms with van der Waals surface area (Å²) >= 11 is 0. The molecule has 1 aromatic carbocycles. The lowest BCUT2D eigenvalue weighted by atomic mass is 10.1. The summed E-state index contributed by atoms with van der Waals surface area (Å²) in [5.74, 6) is -0.616. The van der Waals surface area contributed by atoms with Crippen LogP contribution >= 0.6 is 0 Å². The number of aromatic hydroxyl groups is 2. The van der Waals surface area contributed by atoms with Crippen LogP contribution in [0.1, 0.15) is 31.1 Å². The number of likely N-dealkylation sites (N-methyl/N-ethyl adjacent to an activating group) is 1. The molecule has 0 saturated carbocycles. The van der Waals surface area contributed by atoms with Crippen LogP contribution < -0.4 is 5.32 Å². The van der Waals surface area contributed by atoms with E-state index in [0.29, 0.717) is 0 Å². The molecule has 5 nitrogen and oxygen atoms in total. The second-order valence-corrected chi connectivity index (χ2v) is 4.56. The monoisotopic (exact) mass is 266 g/mol. The van der Waals surface area contributed by atoms with Crippen LogP contribution in [-0.4, -0.2) is 46.7 Å². The van der Waals surface area contributed by atoms with Gasteiger partial charge in [-0.15, -0.1) is 0 Å². The Labute approximate surface area is 113 Å². The topological polar surface area (TPSA) is 72.8 Å². The molecule has 0 bridgehead atoms. The van der Waals surface area contributed by atoms with Gasteiger partial charge in [0.15, 0.2) is 0 Å². The first-order valence-corrected chi connectivity index (χ1v) is 6.53. The number of phenolic OH excluding ortho intramolecular Hbond substituents is 2. The summed E-state index contributed by atoms with van der Waals surface area (Å²) in [7, 11) is 0. The van der Waals surface area contributed by atoms with Crippen LogP contribution in [0.2, 0.25) is 0 Å². The molecule has 0 aliphatic heterocycles. The number of benzene rings is 1. The minimum Gasteiger partial charge on any atom is -0.508 e. The fraction of sp³-hybridized carbons (Fsp3) is 0.500.